The topological polar surface area (TPSA) is 86.5 Å². The largest absolute Gasteiger partial charge is 0.494 e. The Morgan fingerprint density at radius 3 is 2.33 bits per heavy atom. The van der Waals surface area contributed by atoms with Gasteiger partial charge in [-0.15, -0.1) is 16.9 Å². The Hall–Kier alpha value is -3.00. The molecule has 0 radical (unpaired) electrons. The lowest BCUT2D eigenvalue weighted by atomic mass is 10.1. The highest BCUT2D eigenvalue weighted by Crippen LogP contribution is 2.23. The summed E-state index contributed by atoms with van der Waals surface area (Å²) >= 11 is 1.81. The Kier molecular flexibility index (Phi) is 7.73. The van der Waals surface area contributed by atoms with Gasteiger partial charge in [0.2, 0.25) is 5.89 Å². The Balaban J connectivity index is 1.46. The van der Waals surface area contributed by atoms with Gasteiger partial charge in [-0.3, -0.25) is 10.1 Å². The number of hydrogen-bond donors (Lipinski definition) is 1. The van der Waals surface area contributed by atoms with Gasteiger partial charge in [0.1, 0.15) is 11.5 Å². The van der Waals surface area contributed by atoms with E-state index >= 15 is 0 Å². The first kappa shape index (κ1) is 21.7. The maximum Gasteiger partial charge on any atom is 0.322 e. The molecule has 0 fully saturated rings. The molecule has 8 heteroatoms. The molecule has 0 spiro atoms. The number of carbonyl (C=O) groups is 1. The lowest BCUT2D eigenvalue weighted by Gasteiger charge is -2.07. The van der Waals surface area contributed by atoms with Crippen LogP contribution in [-0.2, 0) is 11.2 Å². The van der Waals surface area contributed by atoms with E-state index in [2.05, 4.69) is 41.5 Å². The smallest absolute Gasteiger partial charge is 0.322 e. The Morgan fingerprint density at radius 1 is 1.03 bits per heavy atom. The van der Waals surface area contributed by atoms with Gasteiger partial charge in [-0.05, 0) is 48.9 Å². The molecule has 1 aromatic heterocycles. The van der Waals surface area contributed by atoms with Gasteiger partial charge in [-0.1, -0.05) is 31.1 Å². The second kappa shape index (κ2) is 10.7. The van der Waals surface area contributed by atoms with Crippen LogP contribution in [0.1, 0.15) is 32.2 Å². The van der Waals surface area contributed by atoms with E-state index < -0.39 is 0 Å². The van der Waals surface area contributed by atoms with E-state index in [-0.39, 0.29) is 18.5 Å². The van der Waals surface area contributed by atoms with Gasteiger partial charge in [0, 0.05) is 10.1 Å². The fourth-order valence-electron chi connectivity index (χ4n) is 2.61. The minimum atomic E-state index is -0.380. The average Bonchev–Trinajstić information content (AvgIpc) is 3.15. The molecule has 7 nitrogen and oxygen atoms in total. The van der Waals surface area contributed by atoms with Crippen molar-refractivity contribution in [3.05, 3.63) is 60.0 Å². The third-order valence-electron chi connectivity index (χ3n) is 3.87. The summed E-state index contributed by atoms with van der Waals surface area (Å²) in [6.45, 7) is 6.67. The molecule has 30 heavy (non-hydrogen) atoms. The van der Waals surface area contributed by atoms with E-state index in [1.807, 2.05) is 30.8 Å². The lowest BCUT2D eigenvalue weighted by molar-refractivity contribution is -0.118. The van der Waals surface area contributed by atoms with Crippen molar-refractivity contribution in [2.45, 2.75) is 37.3 Å². The van der Waals surface area contributed by atoms with Crippen molar-refractivity contribution in [1.29, 1.82) is 0 Å². The van der Waals surface area contributed by atoms with E-state index in [9.17, 15) is 4.79 Å². The quantitative estimate of drug-likeness (QED) is 0.474. The molecule has 1 amide bonds. The molecule has 1 heterocycles. The summed E-state index contributed by atoms with van der Waals surface area (Å²) in [5, 5.41) is 10.9. The predicted molar refractivity (Wildman–Crippen MR) is 116 cm³/mol. The number of nitrogens with one attached hydrogen (secondary N) is 1. The van der Waals surface area contributed by atoms with Crippen molar-refractivity contribution < 1.29 is 18.7 Å². The van der Waals surface area contributed by atoms with E-state index in [1.165, 1.54) is 4.90 Å². The van der Waals surface area contributed by atoms with Crippen molar-refractivity contribution in [1.82, 2.24) is 10.2 Å². The number of carbonyl (C=O) groups excluding carboxylic acids is 1. The summed E-state index contributed by atoms with van der Waals surface area (Å²) in [5.74, 6) is 1.37. The summed E-state index contributed by atoms with van der Waals surface area (Å²) in [6, 6.07) is 15.4. The zero-order chi connectivity index (χ0) is 21.3. The van der Waals surface area contributed by atoms with Crippen molar-refractivity contribution in [3.8, 4) is 11.5 Å². The van der Waals surface area contributed by atoms with Crippen molar-refractivity contribution in [3.63, 3.8) is 0 Å². The van der Waals surface area contributed by atoms with Crippen molar-refractivity contribution in [2.24, 2.45) is 0 Å². The molecule has 3 aromatic rings. The zero-order valence-corrected chi connectivity index (χ0v) is 18.1. The van der Waals surface area contributed by atoms with Crippen molar-refractivity contribution in [2.75, 3.05) is 18.5 Å². The van der Waals surface area contributed by atoms with Gasteiger partial charge >= 0.3 is 6.01 Å². The normalized spacial score (nSPS) is 10.8. The Bertz CT molecular complexity index is 940. The first-order valence-electron chi connectivity index (χ1n) is 9.75. The maximum atomic E-state index is 12.1. The van der Waals surface area contributed by atoms with Crippen LogP contribution in [-0.4, -0.2) is 34.6 Å². The molecule has 0 bridgehead atoms. The minimum absolute atomic E-state index is 0.0530. The molecule has 0 aliphatic rings. The predicted octanol–water partition coefficient (Wildman–Crippen LogP) is 4.58. The van der Waals surface area contributed by atoms with Crippen LogP contribution < -0.4 is 14.8 Å². The van der Waals surface area contributed by atoms with Crippen LogP contribution in [0.4, 0.5) is 6.01 Å². The molecule has 0 aliphatic carbocycles. The third-order valence-corrected chi connectivity index (χ3v) is 4.88. The molecular weight excluding hydrogens is 402 g/mol. The van der Waals surface area contributed by atoms with Crippen LogP contribution in [0.3, 0.4) is 0 Å². The number of ether oxygens (including phenoxy) is 2. The fraction of sp³-hybridized carbons (Fsp3) is 0.318. The number of aromatic nitrogens is 2. The maximum absolute atomic E-state index is 12.1. The van der Waals surface area contributed by atoms with Gasteiger partial charge in [-0.25, -0.2) is 0 Å². The number of benzene rings is 2. The van der Waals surface area contributed by atoms with Crippen LogP contribution >= 0.6 is 11.8 Å². The second-order valence-electron chi connectivity index (χ2n) is 6.73. The van der Waals surface area contributed by atoms with Gasteiger partial charge in [0.25, 0.3) is 5.91 Å². The number of hydrogen-bond acceptors (Lipinski definition) is 7. The van der Waals surface area contributed by atoms with Crippen molar-refractivity contribution >= 4 is 23.7 Å². The summed E-state index contributed by atoms with van der Waals surface area (Å²) < 4.78 is 16.3. The first-order chi connectivity index (χ1) is 14.5. The molecule has 3 rings (SSSR count). The Morgan fingerprint density at radius 2 is 1.70 bits per heavy atom. The monoisotopic (exact) mass is 427 g/mol. The molecule has 158 valence electrons. The van der Waals surface area contributed by atoms with E-state index in [4.69, 9.17) is 13.9 Å². The van der Waals surface area contributed by atoms with E-state index in [0.717, 1.165) is 11.3 Å². The SMILES string of the molecule is CCOc1ccc(OCC(=O)Nc2nnc(Cc3ccc(SC(C)C)cc3)o2)cc1. The number of nitrogens with zero attached hydrogens (tertiary/aromatic N) is 2. The summed E-state index contributed by atoms with van der Waals surface area (Å²) in [5.41, 5.74) is 1.06. The minimum Gasteiger partial charge on any atom is -0.494 e. The third kappa shape index (κ3) is 6.81. The number of thioether (sulfide) groups is 1. The number of rotatable bonds is 10. The van der Waals surface area contributed by atoms with E-state index in [0.29, 0.717) is 29.9 Å². The zero-order valence-electron chi connectivity index (χ0n) is 17.3. The van der Waals surface area contributed by atoms with E-state index in [1.54, 1.807) is 24.3 Å². The van der Waals surface area contributed by atoms with Gasteiger partial charge in [-0.2, -0.15) is 0 Å². The molecule has 0 unspecified atom stereocenters. The van der Waals surface area contributed by atoms with Crippen LogP contribution in [0, 0.1) is 0 Å². The summed E-state index contributed by atoms with van der Waals surface area (Å²) in [4.78, 5) is 13.3. The average molecular weight is 428 g/mol. The summed E-state index contributed by atoms with van der Waals surface area (Å²) in [7, 11) is 0. The van der Waals surface area contributed by atoms with Gasteiger partial charge < -0.3 is 13.9 Å². The highest BCUT2D eigenvalue weighted by molar-refractivity contribution is 7.99. The Labute approximate surface area is 180 Å². The molecule has 0 saturated carbocycles. The summed E-state index contributed by atoms with van der Waals surface area (Å²) in [6.07, 6.45) is 0.498. The van der Waals surface area contributed by atoms with Crippen LogP contribution in [0.5, 0.6) is 11.5 Å². The molecule has 2 aromatic carbocycles. The van der Waals surface area contributed by atoms with Gasteiger partial charge in [0.15, 0.2) is 6.61 Å². The fourth-order valence-corrected chi connectivity index (χ4v) is 3.45. The number of anilines is 1. The van der Waals surface area contributed by atoms with Gasteiger partial charge in [0.05, 0.1) is 13.0 Å². The first-order valence-corrected chi connectivity index (χ1v) is 10.6. The molecule has 1 N–H and O–H groups in total. The molecule has 0 aliphatic heterocycles. The molecular formula is C22H25N3O4S. The molecule has 0 atom stereocenters. The van der Waals surface area contributed by atoms with Crippen LogP contribution in [0.15, 0.2) is 57.8 Å². The highest BCUT2D eigenvalue weighted by atomic mass is 32.2. The second-order valence-corrected chi connectivity index (χ2v) is 8.38. The lowest BCUT2D eigenvalue weighted by Crippen LogP contribution is -2.20. The highest BCUT2D eigenvalue weighted by Gasteiger charge is 2.11. The van der Waals surface area contributed by atoms with Crippen LogP contribution in [0.2, 0.25) is 0 Å². The van der Waals surface area contributed by atoms with Crippen LogP contribution in [0.25, 0.3) is 0 Å². The standard InChI is InChI=1S/C22H25N3O4S/c1-4-27-17-7-9-18(10-8-17)28-14-20(26)23-22-25-24-21(29-22)13-16-5-11-19(12-6-16)30-15(2)3/h5-12,15H,4,13-14H2,1-3H3,(H,23,25,26). The molecule has 0 saturated heterocycles. The number of amides is 1.